The van der Waals surface area contributed by atoms with Gasteiger partial charge in [0.1, 0.15) is 0 Å². The van der Waals surface area contributed by atoms with Gasteiger partial charge in [-0.25, -0.2) is 16.8 Å². The number of sulfone groups is 2. The zero-order valence-corrected chi connectivity index (χ0v) is 16.2. The highest BCUT2D eigenvalue weighted by molar-refractivity contribution is 7.96. The maximum atomic E-state index is 13.6. The van der Waals surface area contributed by atoms with Crippen LogP contribution in [0, 0.1) is 35.5 Å². The third-order valence-electron chi connectivity index (χ3n) is 7.66. The highest BCUT2D eigenvalue weighted by Gasteiger charge is 2.83. The number of hydrogen-bond acceptors (Lipinski definition) is 4. The molecule has 2 aromatic carbocycles. The van der Waals surface area contributed by atoms with Crippen LogP contribution in [-0.2, 0) is 19.7 Å². The quantitative estimate of drug-likeness (QED) is 0.791. The van der Waals surface area contributed by atoms with Crippen molar-refractivity contribution in [1.29, 1.82) is 0 Å². The van der Waals surface area contributed by atoms with Gasteiger partial charge in [0.2, 0.25) is 0 Å². The van der Waals surface area contributed by atoms with Gasteiger partial charge in [0, 0.05) is 0 Å². The fourth-order valence-electron chi connectivity index (χ4n) is 6.95. The first-order chi connectivity index (χ1) is 12.9. The highest BCUT2D eigenvalue weighted by Crippen LogP contribution is 2.82. The third-order valence-corrected chi connectivity index (χ3v) is 12.3. The summed E-state index contributed by atoms with van der Waals surface area (Å²) in [6.07, 6.45) is 1.02. The Morgan fingerprint density at radius 2 is 0.926 bits per heavy atom. The van der Waals surface area contributed by atoms with Crippen molar-refractivity contribution in [2.75, 3.05) is 0 Å². The lowest BCUT2D eigenvalue weighted by molar-refractivity contribution is 0.436. The van der Waals surface area contributed by atoms with E-state index in [0.717, 1.165) is 6.42 Å². The number of benzene rings is 2. The Kier molecular flexibility index (Phi) is 3.04. The van der Waals surface area contributed by atoms with Crippen LogP contribution in [0.15, 0.2) is 70.5 Å². The molecule has 0 saturated heterocycles. The molecule has 140 valence electrons. The standard InChI is InChI=1S/C21H20O4S2/c22-26(23,12-7-3-1-4-8-12)20-18-15-11-14-16(18)17(14)19(15)21(20)27(24,25)13-9-5-2-6-10-13/h1-10,14-21H,11H2/t14?,15?,16-,17-,18-,19-,20-,21+/m0/s1. The number of rotatable bonds is 4. The van der Waals surface area contributed by atoms with Crippen molar-refractivity contribution < 1.29 is 16.8 Å². The van der Waals surface area contributed by atoms with E-state index in [1.807, 2.05) is 0 Å². The summed E-state index contributed by atoms with van der Waals surface area (Å²) >= 11 is 0. The molecule has 0 heterocycles. The molecule has 4 nitrogen and oxygen atoms in total. The van der Waals surface area contributed by atoms with Crippen molar-refractivity contribution in [3.8, 4) is 0 Å². The van der Waals surface area contributed by atoms with Gasteiger partial charge in [-0.2, -0.15) is 0 Å². The minimum absolute atomic E-state index is 0.0127. The second-order valence-electron chi connectivity index (χ2n) is 8.52. The van der Waals surface area contributed by atoms with Gasteiger partial charge in [0.15, 0.2) is 19.7 Å². The Bertz CT molecular complexity index is 1040. The predicted octanol–water partition coefficient (Wildman–Crippen LogP) is 2.81. The Labute approximate surface area is 159 Å². The molecule has 0 N–H and O–H groups in total. The van der Waals surface area contributed by atoms with Crippen LogP contribution in [0.5, 0.6) is 0 Å². The van der Waals surface area contributed by atoms with E-state index in [1.54, 1.807) is 60.7 Å². The minimum atomic E-state index is -3.70. The van der Waals surface area contributed by atoms with Crippen LogP contribution in [0.25, 0.3) is 0 Å². The Morgan fingerprint density at radius 1 is 0.556 bits per heavy atom. The highest BCUT2D eigenvalue weighted by atomic mass is 32.2. The van der Waals surface area contributed by atoms with Gasteiger partial charge in [0.25, 0.3) is 0 Å². The predicted molar refractivity (Wildman–Crippen MR) is 100 cm³/mol. The molecule has 0 spiro atoms. The zero-order valence-electron chi connectivity index (χ0n) is 14.5. The fourth-order valence-corrected chi connectivity index (χ4v) is 12.2. The smallest absolute Gasteiger partial charge is 0.182 e. The minimum Gasteiger partial charge on any atom is -0.223 e. The molecule has 5 fully saturated rings. The van der Waals surface area contributed by atoms with Gasteiger partial charge < -0.3 is 0 Å². The molecule has 27 heavy (non-hydrogen) atoms. The summed E-state index contributed by atoms with van der Waals surface area (Å²) in [6.45, 7) is 0. The Morgan fingerprint density at radius 3 is 1.30 bits per heavy atom. The summed E-state index contributed by atoms with van der Waals surface area (Å²) in [5.41, 5.74) is 0. The van der Waals surface area contributed by atoms with Crippen molar-refractivity contribution in [3.63, 3.8) is 0 Å². The third kappa shape index (κ3) is 1.88. The molecule has 0 aliphatic heterocycles. The van der Waals surface area contributed by atoms with Crippen LogP contribution < -0.4 is 0 Å². The van der Waals surface area contributed by atoms with Crippen molar-refractivity contribution in [2.24, 2.45) is 35.5 Å². The molecule has 2 aromatic rings. The van der Waals surface area contributed by atoms with E-state index in [2.05, 4.69) is 0 Å². The first kappa shape index (κ1) is 16.3. The molecule has 0 amide bonds. The van der Waals surface area contributed by atoms with Gasteiger partial charge in [0.05, 0.1) is 20.3 Å². The molecule has 7 rings (SSSR count). The van der Waals surface area contributed by atoms with E-state index in [1.165, 1.54) is 0 Å². The van der Waals surface area contributed by atoms with E-state index in [-0.39, 0.29) is 27.5 Å². The average molecular weight is 401 g/mol. The van der Waals surface area contributed by atoms with Crippen LogP contribution in [-0.4, -0.2) is 27.3 Å². The summed E-state index contributed by atoms with van der Waals surface area (Å²) in [6, 6.07) is 16.8. The molecule has 5 aliphatic carbocycles. The zero-order chi connectivity index (χ0) is 18.6. The van der Waals surface area contributed by atoms with Crippen LogP contribution >= 0.6 is 0 Å². The molecule has 8 atom stereocenters. The van der Waals surface area contributed by atoms with Crippen LogP contribution in [0.4, 0.5) is 0 Å². The van der Waals surface area contributed by atoms with Gasteiger partial charge in [-0.05, 0) is 66.2 Å². The monoisotopic (exact) mass is 400 g/mol. The largest absolute Gasteiger partial charge is 0.223 e. The first-order valence-electron chi connectivity index (χ1n) is 9.52. The molecule has 5 aliphatic rings. The van der Waals surface area contributed by atoms with Crippen LogP contribution in [0.2, 0.25) is 0 Å². The second-order valence-corrected chi connectivity index (χ2v) is 12.7. The van der Waals surface area contributed by atoms with Crippen molar-refractivity contribution >= 4 is 19.7 Å². The van der Waals surface area contributed by atoms with E-state index < -0.39 is 30.2 Å². The van der Waals surface area contributed by atoms with Crippen molar-refractivity contribution in [3.05, 3.63) is 60.7 Å². The molecule has 6 bridgehead atoms. The van der Waals surface area contributed by atoms with Gasteiger partial charge in [-0.3, -0.25) is 0 Å². The fraction of sp³-hybridized carbons (Fsp3) is 0.429. The maximum absolute atomic E-state index is 13.6. The van der Waals surface area contributed by atoms with Crippen LogP contribution in [0.1, 0.15) is 6.42 Å². The lowest BCUT2D eigenvalue weighted by Gasteiger charge is -2.30. The van der Waals surface area contributed by atoms with Gasteiger partial charge in [-0.1, -0.05) is 36.4 Å². The lowest BCUT2D eigenvalue weighted by Crippen LogP contribution is -2.45. The lowest BCUT2D eigenvalue weighted by atomic mass is 10.00. The summed E-state index contributed by atoms with van der Waals surface area (Å²) in [5.74, 6) is 1.72. The molecule has 0 aromatic heterocycles. The SMILES string of the molecule is O=S(=O)(c1ccccc1)[C@@H]1[C@H]2C3CC4[C@H]2[C@H]4[C@H]3[C@@H]1S(=O)(=O)c1ccccc1. The molecular weight excluding hydrogens is 380 g/mol. The Hall–Kier alpha value is -1.66. The molecule has 5 saturated carbocycles. The van der Waals surface area contributed by atoms with Crippen molar-refractivity contribution in [1.82, 2.24) is 0 Å². The Balaban J connectivity index is 1.53. The average Bonchev–Trinajstić information content (AvgIpc) is 3.02. The van der Waals surface area contributed by atoms with E-state index in [0.29, 0.717) is 17.8 Å². The first-order valence-corrected chi connectivity index (χ1v) is 12.6. The van der Waals surface area contributed by atoms with Gasteiger partial charge >= 0.3 is 0 Å². The summed E-state index contributed by atoms with van der Waals surface area (Å²) in [5, 5.41) is -1.62. The summed E-state index contributed by atoms with van der Waals surface area (Å²) < 4.78 is 54.3. The van der Waals surface area contributed by atoms with Crippen molar-refractivity contribution in [2.45, 2.75) is 26.7 Å². The summed E-state index contributed by atoms with van der Waals surface area (Å²) in [4.78, 5) is 0.510. The molecular formula is C21H20O4S2. The van der Waals surface area contributed by atoms with E-state index in [9.17, 15) is 16.8 Å². The van der Waals surface area contributed by atoms with E-state index in [4.69, 9.17) is 0 Å². The van der Waals surface area contributed by atoms with Gasteiger partial charge in [-0.15, -0.1) is 0 Å². The molecule has 0 radical (unpaired) electrons. The second kappa shape index (κ2) is 5.03. The summed E-state index contributed by atoms with van der Waals surface area (Å²) in [7, 11) is -7.40. The van der Waals surface area contributed by atoms with E-state index >= 15 is 0 Å². The maximum Gasteiger partial charge on any atom is 0.182 e. The number of hydrogen-bond donors (Lipinski definition) is 0. The van der Waals surface area contributed by atoms with Crippen LogP contribution in [0.3, 0.4) is 0 Å². The molecule has 2 unspecified atom stereocenters. The normalized spacial score (nSPS) is 41.0. The molecule has 6 heteroatoms. The topological polar surface area (TPSA) is 68.3 Å².